The number of hydrogen-bond acceptors (Lipinski definition) is 2. The van der Waals surface area contributed by atoms with Crippen LogP contribution in [0.2, 0.25) is 0 Å². The van der Waals surface area contributed by atoms with Crippen molar-refractivity contribution < 1.29 is 4.79 Å². The highest BCUT2D eigenvalue weighted by atomic mass is 32.2. The van der Waals surface area contributed by atoms with Crippen LogP contribution < -0.4 is 5.32 Å². The fourth-order valence-electron chi connectivity index (χ4n) is 0.500. The van der Waals surface area contributed by atoms with Crippen LogP contribution in [0.3, 0.4) is 0 Å². The zero-order valence-corrected chi connectivity index (χ0v) is 7.62. The number of nitrogens with one attached hydrogen (secondary N) is 1. The third kappa shape index (κ3) is 5.95. The Kier molecular flexibility index (Phi) is 5.49. The summed E-state index contributed by atoms with van der Waals surface area (Å²) in [6, 6.07) is 0. The van der Waals surface area contributed by atoms with Gasteiger partial charge in [-0.15, -0.1) is 0 Å². The number of rotatable bonds is 4. The molecule has 0 aliphatic heterocycles. The number of hydrogen-bond donors (Lipinski definition) is 1. The van der Waals surface area contributed by atoms with E-state index in [1.54, 1.807) is 11.8 Å². The van der Waals surface area contributed by atoms with E-state index in [-0.39, 0.29) is 5.91 Å². The van der Waals surface area contributed by atoms with Gasteiger partial charge < -0.3 is 5.32 Å². The molecule has 0 bridgehead atoms. The Morgan fingerprint density at radius 2 is 2.20 bits per heavy atom. The lowest BCUT2D eigenvalue weighted by Gasteiger charge is -2.05. The largest absolute Gasteiger partial charge is 0.355 e. The summed E-state index contributed by atoms with van der Waals surface area (Å²) in [4.78, 5) is 10.8. The van der Waals surface area contributed by atoms with Crippen LogP contribution in [0.5, 0.6) is 0 Å². The molecule has 0 rings (SSSR count). The molecule has 0 heterocycles. The molecule has 2 nitrogen and oxygen atoms in total. The van der Waals surface area contributed by atoms with E-state index in [9.17, 15) is 4.79 Å². The maximum atomic E-state index is 10.8. The van der Waals surface area contributed by atoms with Crippen LogP contribution in [-0.4, -0.2) is 24.5 Å². The van der Waals surface area contributed by atoms with Crippen LogP contribution in [0.25, 0.3) is 0 Å². The lowest BCUT2D eigenvalue weighted by atomic mass is 10.2. The van der Waals surface area contributed by atoms with Crippen LogP contribution in [0, 0.1) is 5.92 Å². The van der Waals surface area contributed by atoms with E-state index in [1.807, 2.05) is 6.26 Å². The predicted octanol–water partition coefficient (Wildman–Crippen LogP) is 1.12. The van der Waals surface area contributed by atoms with E-state index in [4.69, 9.17) is 0 Å². The molecule has 0 spiro atoms. The molecule has 0 aromatic rings. The van der Waals surface area contributed by atoms with E-state index in [1.165, 1.54) is 0 Å². The van der Waals surface area contributed by atoms with Gasteiger partial charge in [-0.1, -0.05) is 13.8 Å². The van der Waals surface area contributed by atoms with Crippen LogP contribution in [0.1, 0.15) is 13.8 Å². The van der Waals surface area contributed by atoms with E-state index in [2.05, 4.69) is 19.2 Å². The maximum Gasteiger partial charge on any atom is 0.229 e. The Labute approximate surface area is 66.8 Å². The van der Waals surface area contributed by atoms with Crippen molar-refractivity contribution in [1.29, 1.82) is 0 Å². The molecular weight excluding hydrogens is 146 g/mol. The van der Waals surface area contributed by atoms with Gasteiger partial charge in [-0.25, -0.2) is 0 Å². The second-order valence-corrected chi connectivity index (χ2v) is 3.50. The third-order valence-corrected chi connectivity index (χ3v) is 1.53. The first-order chi connectivity index (χ1) is 4.66. The third-order valence-electron chi connectivity index (χ3n) is 0.983. The minimum atomic E-state index is 0.140. The lowest BCUT2D eigenvalue weighted by molar-refractivity contribution is -0.118. The van der Waals surface area contributed by atoms with Gasteiger partial charge in [0.25, 0.3) is 0 Å². The number of amides is 1. The van der Waals surface area contributed by atoms with E-state index in [0.29, 0.717) is 11.7 Å². The number of thioether (sulfide) groups is 1. The average Bonchev–Trinajstić information content (AvgIpc) is 1.85. The first-order valence-electron chi connectivity index (χ1n) is 3.42. The van der Waals surface area contributed by atoms with Crippen LogP contribution in [0.4, 0.5) is 0 Å². The fourth-order valence-corrected chi connectivity index (χ4v) is 0.864. The van der Waals surface area contributed by atoms with Gasteiger partial charge in [0.05, 0.1) is 5.75 Å². The normalized spacial score (nSPS) is 10.0. The molecule has 0 aromatic heterocycles. The SMILES string of the molecule is CSCC(=O)NCC(C)C. The summed E-state index contributed by atoms with van der Waals surface area (Å²) < 4.78 is 0. The highest BCUT2D eigenvalue weighted by Gasteiger charge is 1.98. The van der Waals surface area contributed by atoms with Crippen molar-refractivity contribution >= 4 is 17.7 Å². The summed E-state index contributed by atoms with van der Waals surface area (Å²) in [7, 11) is 0. The predicted molar refractivity (Wildman–Crippen MR) is 46.2 cm³/mol. The Bertz CT molecular complexity index is 104. The summed E-state index contributed by atoms with van der Waals surface area (Å²) in [5, 5.41) is 2.82. The molecule has 1 amide bonds. The topological polar surface area (TPSA) is 29.1 Å². The Hall–Kier alpha value is -0.180. The molecule has 0 unspecified atom stereocenters. The zero-order chi connectivity index (χ0) is 7.98. The van der Waals surface area contributed by atoms with Gasteiger partial charge in [0, 0.05) is 6.54 Å². The minimum Gasteiger partial charge on any atom is -0.355 e. The molecule has 60 valence electrons. The Balaban J connectivity index is 3.22. The van der Waals surface area contributed by atoms with Gasteiger partial charge in [0.1, 0.15) is 0 Å². The van der Waals surface area contributed by atoms with Crippen molar-refractivity contribution in [3.05, 3.63) is 0 Å². The average molecular weight is 161 g/mol. The molecule has 0 aliphatic rings. The highest BCUT2D eigenvalue weighted by molar-refractivity contribution is 7.99. The Morgan fingerprint density at radius 3 is 2.60 bits per heavy atom. The van der Waals surface area contributed by atoms with Gasteiger partial charge in [0.15, 0.2) is 0 Å². The second-order valence-electron chi connectivity index (χ2n) is 2.63. The summed E-state index contributed by atoms with van der Waals surface area (Å²) >= 11 is 1.55. The van der Waals surface area contributed by atoms with Crippen molar-refractivity contribution in [3.8, 4) is 0 Å². The Morgan fingerprint density at radius 1 is 1.60 bits per heavy atom. The monoisotopic (exact) mass is 161 g/mol. The lowest BCUT2D eigenvalue weighted by Crippen LogP contribution is -2.28. The van der Waals surface area contributed by atoms with Crippen LogP contribution in [0.15, 0.2) is 0 Å². The van der Waals surface area contributed by atoms with E-state index in [0.717, 1.165) is 6.54 Å². The molecule has 0 fully saturated rings. The highest BCUT2D eigenvalue weighted by Crippen LogP contribution is 1.91. The number of carbonyl (C=O) groups is 1. The van der Waals surface area contributed by atoms with E-state index >= 15 is 0 Å². The van der Waals surface area contributed by atoms with Crippen LogP contribution >= 0.6 is 11.8 Å². The molecule has 0 radical (unpaired) electrons. The summed E-state index contributed by atoms with van der Waals surface area (Å²) in [6.07, 6.45) is 1.93. The smallest absolute Gasteiger partial charge is 0.229 e. The molecule has 0 aromatic carbocycles. The summed E-state index contributed by atoms with van der Waals surface area (Å²) in [5.41, 5.74) is 0. The van der Waals surface area contributed by atoms with E-state index < -0.39 is 0 Å². The van der Waals surface area contributed by atoms with Gasteiger partial charge >= 0.3 is 0 Å². The van der Waals surface area contributed by atoms with Crippen molar-refractivity contribution in [2.75, 3.05) is 18.6 Å². The maximum absolute atomic E-state index is 10.8. The molecule has 0 saturated heterocycles. The molecule has 0 atom stereocenters. The van der Waals surface area contributed by atoms with Crippen LogP contribution in [-0.2, 0) is 4.79 Å². The molecule has 1 N–H and O–H groups in total. The number of carbonyl (C=O) groups excluding carboxylic acids is 1. The quantitative estimate of drug-likeness (QED) is 0.669. The van der Waals surface area contributed by atoms with Crippen molar-refractivity contribution in [1.82, 2.24) is 5.32 Å². The summed E-state index contributed by atoms with van der Waals surface area (Å²) in [6.45, 7) is 4.96. The first kappa shape index (κ1) is 9.82. The second kappa shape index (κ2) is 5.59. The summed E-state index contributed by atoms with van der Waals surface area (Å²) in [5.74, 6) is 1.26. The molecular formula is C7H15NOS. The van der Waals surface area contributed by atoms with Crippen molar-refractivity contribution in [2.24, 2.45) is 5.92 Å². The molecule has 10 heavy (non-hydrogen) atoms. The molecule has 0 aliphatic carbocycles. The van der Waals surface area contributed by atoms with Crippen molar-refractivity contribution in [3.63, 3.8) is 0 Å². The standard InChI is InChI=1S/C7H15NOS/c1-6(2)4-8-7(9)5-10-3/h6H,4-5H2,1-3H3,(H,8,9). The molecule has 3 heteroatoms. The molecule has 0 saturated carbocycles. The van der Waals surface area contributed by atoms with Gasteiger partial charge in [-0.05, 0) is 12.2 Å². The fraction of sp³-hybridized carbons (Fsp3) is 0.857. The first-order valence-corrected chi connectivity index (χ1v) is 4.81. The minimum absolute atomic E-state index is 0.140. The van der Waals surface area contributed by atoms with Crippen molar-refractivity contribution in [2.45, 2.75) is 13.8 Å². The zero-order valence-electron chi connectivity index (χ0n) is 6.81. The van der Waals surface area contributed by atoms with Gasteiger partial charge in [0.2, 0.25) is 5.91 Å². The van der Waals surface area contributed by atoms with Gasteiger partial charge in [-0.2, -0.15) is 11.8 Å². The van der Waals surface area contributed by atoms with Gasteiger partial charge in [-0.3, -0.25) is 4.79 Å².